The van der Waals surface area contributed by atoms with Gasteiger partial charge in [-0.2, -0.15) is 5.26 Å². The summed E-state index contributed by atoms with van der Waals surface area (Å²) in [5.74, 6) is 0.246. The van der Waals surface area contributed by atoms with Crippen LogP contribution >= 0.6 is 0 Å². The number of nitrogens with zero attached hydrogens (tertiary/aromatic N) is 2. The third kappa shape index (κ3) is 4.24. The number of imidazole rings is 1. The maximum atomic E-state index is 12.7. The van der Waals surface area contributed by atoms with Crippen molar-refractivity contribution in [3.63, 3.8) is 0 Å². The molecule has 0 bridgehead atoms. The van der Waals surface area contributed by atoms with Gasteiger partial charge in [0.1, 0.15) is 11.8 Å². The topological polar surface area (TPSA) is 93.6 Å². The van der Waals surface area contributed by atoms with E-state index in [4.69, 9.17) is 5.26 Å². The van der Waals surface area contributed by atoms with E-state index in [0.29, 0.717) is 5.92 Å². The van der Waals surface area contributed by atoms with Crippen molar-refractivity contribution in [2.24, 2.45) is 0 Å². The van der Waals surface area contributed by atoms with Gasteiger partial charge in [-0.3, -0.25) is 4.79 Å². The molecule has 1 unspecified atom stereocenters. The van der Waals surface area contributed by atoms with Crippen LogP contribution in [0.5, 0.6) is 0 Å². The molecule has 4 rings (SSSR count). The molecule has 29 heavy (non-hydrogen) atoms. The first-order chi connectivity index (χ1) is 14.1. The first kappa shape index (κ1) is 19.0. The molecule has 1 atom stereocenters. The average molecular weight is 387 g/mol. The number of amides is 1. The number of H-pyrrole nitrogens is 1. The number of nitriles is 1. The largest absolute Gasteiger partial charge is 0.389 e. The van der Waals surface area contributed by atoms with Crippen LogP contribution in [0.4, 0.5) is 5.69 Å². The van der Waals surface area contributed by atoms with Crippen LogP contribution in [-0.4, -0.2) is 22.4 Å². The number of hydrogen-bond acceptors (Lipinski definition) is 4. The molecule has 6 heteroatoms. The number of anilines is 1. The molecule has 148 valence electrons. The Morgan fingerprint density at radius 3 is 2.97 bits per heavy atom. The van der Waals surface area contributed by atoms with Gasteiger partial charge in [0.05, 0.1) is 6.20 Å². The Morgan fingerprint density at radius 1 is 1.34 bits per heavy atom. The molecule has 2 aliphatic rings. The summed E-state index contributed by atoms with van der Waals surface area (Å²) < 4.78 is 0. The van der Waals surface area contributed by atoms with Gasteiger partial charge < -0.3 is 15.6 Å². The van der Waals surface area contributed by atoms with E-state index in [9.17, 15) is 4.79 Å². The molecule has 0 saturated carbocycles. The van der Waals surface area contributed by atoms with Gasteiger partial charge in [-0.05, 0) is 67.7 Å². The number of benzene rings is 1. The Balaban J connectivity index is 1.65. The molecule has 1 aromatic heterocycles. The second kappa shape index (κ2) is 8.36. The zero-order chi connectivity index (χ0) is 20.2. The van der Waals surface area contributed by atoms with Crippen molar-refractivity contribution >= 4 is 17.2 Å². The molecule has 0 spiro atoms. The van der Waals surface area contributed by atoms with Gasteiger partial charge in [-0.1, -0.05) is 18.7 Å². The Bertz CT molecular complexity index is 1010. The number of hydrogen-bond donors (Lipinski definition) is 3. The van der Waals surface area contributed by atoms with E-state index in [2.05, 4.69) is 45.4 Å². The van der Waals surface area contributed by atoms with Crippen molar-refractivity contribution < 1.29 is 4.79 Å². The number of nitrogens with one attached hydrogen (secondary N) is 3. The minimum absolute atomic E-state index is 0.142. The summed E-state index contributed by atoms with van der Waals surface area (Å²) >= 11 is 0. The minimum atomic E-state index is -0.341. The molecule has 2 aromatic rings. The molecule has 1 aliphatic carbocycles. The number of rotatable bonds is 4. The smallest absolute Gasteiger partial charge is 0.291 e. The highest BCUT2D eigenvalue weighted by Gasteiger charge is 2.21. The summed E-state index contributed by atoms with van der Waals surface area (Å²) in [5.41, 5.74) is 5.81. The van der Waals surface area contributed by atoms with E-state index in [1.54, 1.807) is 0 Å². The van der Waals surface area contributed by atoms with Crippen LogP contribution in [0.15, 0.2) is 42.7 Å². The second-order valence-corrected chi connectivity index (χ2v) is 7.71. The van der Waals surface area contributed by atoms with Crippen molar-refractivity contribution in [2.75, 3.05) is 11.9 Å². The van der Waals surface area contributed by atoms with Crippen LogP contribution in [0, 0.1) is 11.3 Å². The molecule has 1 aliphatic heterocycles. The first-order valence-corrected chi connectivity index (χ1v) is 10.2. The van der Waals surface area contributed by atoms with Gasteiger partial charge in [0.25, 0.3) is 5.91 Å². The van der Waals surface area contributed by atoms with Crippen LogP contribution in [0.1, 0.15) is 71.9 Å². The van der Waals surface area contributed by atoms with Crippen molar-refractivity contribution in [1.82, 2.24) is 15.3 Å². The highest BCUT2D eigenvalue weighted by molar-refractivity contribution is 6.03. The number of carbonyl (C=O) groups excluding carboxylic acids is 1. The summed E-state index contributed by atoms with van der Waals surface area (Å²) in [4.78, 5) is 19.4. The maximum absolute atomic E-state index is 12.7. The van der Waals surface area contributed by atoms with E-state index in [-0.39, 0.29) is 17.4 Å². The lowest BCUT2D eigenvalue weighted by atomic mass is 9.85. The number of aromatic amines is 1. The molecule has 2 heterocycles. The van der Waals surface area contributed by atoms with Crippen molar-refractivity contribution in [2.45, 2.75) is 44.4 Å². The second-order valence-electron chi connectivity index (χ2n) is 7.71. The highest BCUT2D eigenvalue weighted by atomic mass is 16.2. The monoisotopic (exact) mass is 387 g/mol. The summed E-state index contributed by atoms with van der Waals surface area (Å²) in [7, 11) is 0. The summed E-state index contributed by atoms with van der Waals surface area (Å²) in [6, 6.07) is 8.29. The van der Waals surface area contributed by atoms with Crippen molar-refractivity contribution in [3.8, 4) is 6.07 Å². The molecule has 1 fully saturated rings. The van der Waals surface area contributed by atoms with Gasteiger partial charge in [0.2, 0.25) is 0 Å². The molecule has 0 radical (unpaired) electrons. The van der Waals surface area contributed by atoms with Crippen molar-refractivity contribution in [1.29, 1.82) is 5.26 Å². The van der Waals surface area contributed by atoms with Gasteiger partial charge >= 0.3 is 0 Å². The van der Waals surface area contributed by atoms with E-state index in [1.165, 1.54) is 23.8 Å². The Kier molecular flexibility index (Phi) is 5.48. The fraction of sp³-hybridized carbons (Fsp3) is 0.348. The number of allylic oxidation sites excluding steroid dienone is 3. The average Bonchev–Trinajstić information content (AvgIpc) is 3.24. The van der Waals surface area contributed by atoms with Crippen LogP contribution < -0.4 is 10.6 Å². The molecule has 1 saturated heterocycles. The Hall–Kier alpha value is -3.33. The predicted molar refractivity (Wildman–Crippen MR) is 113 cm³/mol. The Morgan fingerprint density at radius 2 is 2.24 bits per heavy atom. The van der Waals surface area contributed by atoms with Gasteiger partial charge in [0, 0.05) is 23.5 Å². The van der Waals surface area contributed by atoms with Gasteiger partial charge in [0.15, 0.2) is 5.82 Å². The fourth-order valence-electron chi connectivity index (χ4n) is 4.13. The SMILES string of the molecule is C=C1CC(c2ccc(NC(=O)c3ncc(C#N)[nH]3)c(C3=CCCCC3)c2)CCN1. The standard InChI is InChI=1S/C23H25N5O/c1-15-11-18(9-10-25-15)17-7-8-21(20(12-17)16-5-3-2-4-6-16)28-23(29)22-26-14-19(13-24)27-22/h5,7-8,12,14,18,25H,1-4,6,9-11H2,(H,26,27)(H,28,29). The minimum Gasteiger partial charge on any atom is -0.389 e. The van der Waals surface area contributed by atoms with E-state index >= 15 is 0 Å². The van der Waals surface area contributed by atoms with Crippen LogP contribution in [0.25, 0.3) is 5.57 Å². The summed E-state index contributed by atoms with van der Waals surface area (Å²) in [6.45, 7) is 5.03. The van der Waals surface area contributed by atoms with Crippen LogP contribution in [-0.2, 0) is 0 Å². The lowest BCUT2D eigenvalue weighted by Gasteiger charge is -2.27. The molecule has 3 N–H and O–H groups in total. The molecule has 6 nitrogen and oxygen atoms in total. The maximum Gasteiger partial charge on any atom is 0.291 e. The summed E-state index contributed by atoms with van der Waals surface area (Å²) in [6.07, 6.45) is 10.1. The number of piperidine rings is 1. The van der Waals surface area contributed by atoms with E-state index in [0.717, 1.165) is 55.6 Å². The first-order valence-electron chi connectivity index (χ1n) is 10.2. The highest BCUT2D eigenvalue weighted by Crippen LogP contribution is 2.36. The quantitative estimate of drug-likeness (QED) is 0.721. The van der Waals surface area contributed by atoms with Crippen LogP contribution in [0.2, 0.25) is 0 Å². The zero-order valence-corrected chi connectivity index (χ0v) is 16.4. The lowest BCUT2D eigenvalue weighted by Crippen LogP contribution is -2.24. The van der Waals surface area contributed by atoms with Gasteiger partial charge in [-0.25, -0.2) is 4.98 Å². The lowest BCUT2D eigenvalue weighted by molar-refractivity contribution is 0.101. The number of carbonyl (C=O) groups is 1. The number of aromatic nitrogens is 2. The van der Waals surface area contributed by atoms with E-state index in [1.807, 2.05) is 12.1 Å². The molecular formula is C23H25N5O. The fourth-order valence-corrected chi connectivity index (χ4v) is 4.13. The van der Waals surface area contributed by atoms with Crippen molar-refractivity contribution in [3.05, 3.63) is 65.4 Å². The van der Waals surface area contributed by atoms with Gasteiger partial charge in [-0.15, -0.1) is 0 Å². The third-order valence-corrected chi connectivity index (χ3v) is 5.67. The zero-order valence-electron chi connectivity index (χ0n) is 16.4. The predicted octanol–water partition coefficient (Wildman–Crippen LogP) is 4.47. The summed E-state index contributed by atoms with van der Waals surface area (Å²) in [5, 5.41) is 15.3. The molecule has 1 amide bonds. The van der Waals surface area contributed by atoms with Crippen LogP contribution in [0.3, 0.4) is 0 Å². The molecule has 1 aromatic carbocycles. The normalized spacial score (nSPS) is 19.1. The van der Waals surface area contributed by atoms with E-state index < -0.39 is 0 Å². The third-order valence-electron chi connectivity index (χ3n) is 5.67. The molecular weight excluding hydrogens is 362 g/mol. The Labute approximate surface area is 170 Å².